The van der Waals surface area contributed by atoms with Crippen LogP contribution in [0.15, 0.2) is 51.7 Å². The molecule has 19 heavy (non-hydrogen) atoms. The summed E-state index contributed by atoms with van der Waals surface area (Å²) in [6.45, 7) is 3.56. The number of benzene rings is 1. The number of aryl methyl sites for hydroxylation is 2. The maximum Gasteiger partial charge on any atom is 0.194 e. The van der Waals surface area contributed by atoms with Gasteiger partial charge in [0, 0.05) is 11.5 Å². The standard InChI is InChI=1S/C16H13NO2/c1-10-9-15(18)16(11(2)19-10)14-8-7-12-5-3-4-6-13(12)17-14/h3-9H,1-2H3. The van der Waals surface area contributed by atoms with Crippen molar-refractivity contribution in [2.75, 3.05) is 0 Å². The molecule has 94 valence electrons. The Bertz CT molecular complexity index is 818. The largest absolute Gasteiger partial charge is 0.466 e. The van der Waals surface area contributed by atoms with Crippen molar-refractivity contribution < 1.29 is 4.42 Å². The minimum absolute atomic E-state index is 0.0518. The lowest BCUT2D eigenvalue weighted by atomic mass is 10.1. The number of pyridine rings is 1. The van der Waals surface area contributed by atoms with Crippen molar-refractivity contribution in [3.05, 3.63) is 64.2 Å². The van der Waals surface area contributed by atoms with Crippen LogP contribution in [0, 0.1) is 13.8 Å². The Kier molecular flexibility index (Phi) is 2.67. The molecular weight excluding hydrogens is 238 g/mol. The van der Waals surface area contributed by atoms with Crippen LogP contribution in [-0.2, 0) is 0 Å². The predicted molar refractivity (Wildman–Crippen MR) is 75.2 cm³/mol. The SMILES string of the molecule is Cc1cc(=O)c(-c2ccc3ccccc3n2)c(C)o1. The number of rotatable bonds is 1. The summed E-state index contributed by atoms with van der Waals surface area (Å²) in [5, 5.41) is 1.06. The first-order valence-corrected chi connectivity index (χ1v) is 6.12. The molecule has 1 aromatic carbocycles. The summed E-state index contributed by atoms with van der Waals surface area (Å²) < 4.78 is 5.52. The lowest BCUT2D eigenvalue weighted by Gasteiger charge is -2.06. The smallest absolute Gasteiger partial charge is 0.194 e. The molecule has 0 bridgehead atoms. The first-order chi connectivity index (χ1) is 9.15. The number of aromatic nitrogens is 1. The molecule has 0 saturated carbocycles. The van der Waals surface area contributed by atoms with Gasteiger partial charge in [-0.3, -0.25) is 4.79 Å². The summed E-state index contributed by atoms with van der Waals surface area (Å²) >= 11 is 0. The Morgan fingerprint density at radius 1 is 1.05 bits per heavy atom. The van der Waals surface area contributed by atoms with E-state index in [2.05, 4.69) is 4.98 Å². The molecule has 3 nitrogen and oxygen atoms in total. The van der Waals surface area contributed by atoms with Gasteiger partial charge in [-0.15, -0.1) is 0 Å². The molecule has 0 aliphatic carbocycles. The second kappa shape index (κ2) is 4.35. The molecule has 2 heterocycles. The van der Waals surface area contributed by atoms with Gasteiger partial charge in [0.1, 0.15) is 11.5 Å². The van der Waals surface area contributed by atoms with Gasteiger partial charge in [0.2, 0.25) is 0 Å². The Morgan fingerprint density at radius 3 is 2.63 bits per heavy atom. The topological polar surface area (TPSA) is 43.1 Å². The highest BCUT2D eigenvalue weighted by Crippen LogP contribution is 2.21. The van der Waals surface area contributed by atoms with E-state index in [1.54, 1.807) is 13.8 Å². The minimum atomic E-state index is -0.0518. The van der Waals surface area contributed by atoms with Crippen molar-refractivity contribution in [1.82, 2.24) is 4.98 Å². The monoisotopic (exact) mass is 251 g/mol. The molecule has 0 aliphatic rings. The fourth-order valence-corrected chi connectivity index (χ4v) is 2.26. The average molecular weight is 251 g/mol. The molecule has 0 N–H and O–H groups in total. The summed E-state index contributed by atoms with van der Waals surface area (Å²) in [4.78, 5) is 16.6. The summed E-state index contributed by atoms with van der Waals surface area (Å²) in [5.41, 5.74) is 2.02. The summed E-state index contributed by atoms with van der Waals surface area (Å²) in [5.74, 6) is 1.22. The number of nitrogens with zero attached hydrogens (tertiary/aromatic N) is 1. The second-order valence-electron chi connectivity index (χ2n) is 4.54. The van der Waals surface area contributed by atoms with E-state index >= 15 is 0 Å². The number of fused-ring (bicyclic) bond motifs is 1. The van der Waals surface area contributed by atoms with Crippen LogP contribution in [-0.4, -0.2) is 4.98 Å². The van der Waals surface area contributed by atoms with Gasteiger partial charge in [0.25, 0.3) is 0 Å². The van der Waals surface area contributed by atoms with Crippen molar-refractivity contribution in [2.45, 2.75) is 13.8 Å². The van der Waals surface area contributed by atoms with E-state index in [0.29, 0.717) is 22.8 Å². The van der Waals surface area contributed by atoms with E-state index in [4.69, 9.17) is 4.42 Å². The van der Waals surface area contributed by atoms with E-state index in [0.717, 1.165) is 10.9 Å². The summed E-state index contributed by atoms with van der Waals surface area (Å²) in [7, 11) is 0. The Balaban J connectivity index is 2.28. The van der Waals surface area contributed by atoms with Crippen LogP contribution in [0.1, 0.15) is 11.5 Å². The van der Waals surface area contributed by atoms with Crippen LogP contribution < -0.4 is 5.43 Å². The average Bonchev–Trinajstić information content (AvgIpc) is 2.37. The number of hydrogen-bond donors (Lipinski definition) is 0. The minimum Gasteiger partial charge on any atom is -0.466 e. The normalized spacial score (nSPS) is 10.8. The zero-order valence-corrected chi connectivity index (χ0v) is 10.8. The van der Waals surface area contributed by atoms with E-state index in [-0.39, 0.29) is 5.43 Å². The molecule has 0 radical (unpaired) electrons. The van der Waals surface area contributed by atoms with E-state index in [1.807, 2.05) is 36.4 Å². The van der Waals surface area contributed by atoms with E-state index in [9.17, 15) is 4.79 Å². The molecule has 0 aliphatic heterocycles. The van der Waals surface area contributed by atoms with Crippen molar-refractivity contribution in [1.29, 1.82) is 0 Å². The van der Waals surface area contributed by atoms with E-state index < -0.39 is 0 Å². The van der Waals surface area contributed by atoms with Crippen LogP contribution in [0.5, 0.6) is 0 Å². The van der Waals surface area contributed by atoms with Gasteiger partial charge in [-0.2, -0.15) is 0 Å². The zero-order chi connectivity index (χ0) is 13.4. The highest BCUT2D eigenvalue weighted by atomic mass is 16.3. The third kappa shape index (κ3) is 2.03. The summed E-state index contributed by atoms with van der Waals surface area (Å²) in [6, 6.07) is 13.2. The van der Waals surface area contributed by atoms with Gasteiger partial charge in [0.15, 0.2) is 5.43 Å². The van der Waals surface area contributed by atoms with Crippen molar-refractivity contribution in [3.8, 4) is 11.3 Å². The first-order valence-electron chi connectivity index (χ1n) is 6.12. The molecule has 0 unspecified atom stereocenters. The van der Waals surface area contributed by atoms with Gasteiger partial charge >= 0.3 is 0 Å². The van der Waals surface area contributed by atoms with Gasteiger partial charge < -0.3 is 4.42 Å². The summed E-state index contributed by atoms with van der Waals surface area (Å²) in [6.07, 6.45) is 0. The molecule has 0 spiro atoms. The molecule has 0 amide bonds. The Morgan fingerprint density at radius 2 is 1.84 bits per heavy atom. The molecule has 3 aromatic rings. The Labute approximate surface area is 110 Å². The van der Waals surface area contributed by atoms with Crippen molar-refractivity contribution in [2.24, 2.45) is 0 Å². The number of para-hydroxylation sites is 1. The van der Waals surface area contributed by atoms with Crippen LogP contribution in [0.2, 0.25) is 0 Å². The third-order valence-electron chi connectivity index (χ3n) is 3.10. The van der Waals surface area contributed by atoms with Crippen molar-refractivity contribution >= 4 is 10.9 Å². The lowest BCUT2D eigenvalue weighted by Crippen LogP contribution is -2.07. The van der Waals surface area contributed by atoms with Crippen molar-refractivity contribution in [3.63, 3.8) is 0 Å². The molecule has 2 aromatic heterocycles. The van der Waals surface area contributed by atoms with Crippen LogP contribution >= 0.6 is 0 Å². The fraction of sp³-hybridized carbons (Fsp3) is 0.125. The second-order valence-corrected chi connectivity index (χ2v) is 4.54. The molecule has 0 atom stereocenters. The fourth-order valence-electron chi connectivity index (χ4n) is 2.26. The van der Waals surface area contributed by atoms with Gasteiger partial charge in [0.05, 0.1) is 16.8 Å². The van der Waals surface area contributed by atoms with Gasteiger partial charge in [-0.05, 0) is 26.0 Å². The molecular formula is C16H13NO2. The third-order valence-corrected chi connectivity index (χ3v) is 3.10. The highest BCUT2D eigenvalue weighted by Gasteiger charge is 2.11. The van der Waals surface area contributed by atoms with Gasteiger partial charge in [-0.1, -0.05) is 24.3 Å². The molecule has 3 heteroatoms. The molecule has 0 fully saturated rings. The van der Waals surface area contributed by atoms with Gasteiger partial charge in [-0.25, -0.2) is 4.98 Å². The van der Waals surface area contributed by atoms with Crippen LogP contribution in [0.4, 0.5) is 0 Å². The zero-order valence-electron chi connectivity index (χ0n) is 10.8. The maximum atomic E-state index is 12.1. The maximum absolute atomic E-state index is 12.1. The quantitative estimate of drug-likeness (QED) is 0.665. The van der Waals surface area contributed by atoms with Crippen LogP contribution in [0.25, 0.3) is 22.2 Å². The first kappa shape index (κ1) is 11.7. The molecule has 0 saturated heterocycles. The Hall–Kier alpha value is -2.42. The predicted octanol–water partition coefficient (Wildman–Crippen LogP) is 3.47. The van der Waals surface area contributed by atoms with Crippen LogP contribution in [0.3, 0.4) is 0 Å². The lowest BCUT2D eigenvalue weighted by molar-refractivity contribution is 0.486. The molecule has 3 rings (SSSR count). The highest BCUT2D eigenvalue weighted by molar-refractivity contribution is 5.81. The van der Waals surface area contributed by atoms with E-state index in [1.165, 1.54) is 6.07 Å². The number of hydrogen-bond acceptors (Lipinski definition) is 3.